The fourth-order valence-electron chi connectivity index (χ4n) is 2.04. The number of sulfone groups is 1. The van der Waals surface area contributed by atoms with Crippen molar-refractivity contribution in [2.24, 2.45) is 4.99 Å². The minimum absolute atomic E-state index is 0.0450. The summed E-state index contributed by atoms with van der Waals surface area (Å²) >= 11 is 0. The second-order valence-corrected chi connectivity index (χ2v) is 7.89. The Balaban J connectivity index is 2.75. The summed E-state index contributed by atoms with van der Waals surface area (Å²) in [6.07, 6.45) is 1.72. The number of hydrogen-bond acceptors (Lipinski definition) is 5. The Kier molecular flexibility index (Phi) is 7.84. The number of phenolic OH excluding ortho intramolecular Hbond substituents is 1. The smallest absolute Gasteiger partial charge is 0.191 e. The van der Waals surface area contributed by atoms with Crippen LogP contribution < -0.4 is 15.4 Å². The molecule has 136 valence electrons. The van der Waals surface area contributed by atoms with Gasteiger partial charge in [-0.25, -0.2) is 13.4 Å². The minimum Gasteiger partial charge on any atom is -0.504 e. The van der Waals surface area contributed by atoms with Crippen molar-refractivity contribution in [3.05, 3.63) is 23.8 Å². The Morgan fingerprint density at radius 1 is 1.42 bits per heavy atom. The molecule has 1 aromatic rings. The van der Waals surface area contributed by atoms with E-state index in [-0.39, 0.29) is 24.1 Å². The molecule has 0 heterocycles. The lowest BCUT2D eigenvalue weighted by Gasteiger charge is -2.17. The number of nitrogens with one attached hydrogen (secondary N) is 2. The third-order valence-corrected chi connectivity index (χ3v) is 4.34. The highest BCUT2D eigenvalue weighted by Gasteiger charge is 2.10. The summed E-state index contributed by atoms with van der Waals surface area (Å²) in [6.45, 7) is 4.80. The van der Waals surface area contributed by atoms with E-state index in [1.807, 2.05) is 13.8 Å². The van der Waals surface area contributed by atoms with Crippen LogP contribution in [-0.2, 0) is 16.4 Å². The first-order valence-corrected chi connectivity index (χ1v) is 9.90. The molecule has 0 radical (unpaired) electrons. The summed E-state index contributed by atoms with van der Waals surface area (Å²) in [4.78, 5) is 4.43. The highest BCUT2D eigenvalue weighted by atomic mass is 32.2. The Morgan fingerprint density at radius 3 is 2.71 bits per heavy atom. The van der Waals surface area contributed by atoms with E-state index in [9.17, 15) is 13.5 Å². The fraction of sp³-hybridized carbons (Fsp3) is 0.562. The molecular weight excluding hydrogens is 330 g/mol. The number of hydrogen-bond donors (Lipinski definition) is 3. The SMILES string of the molecule is CCNC(=NCc1cccc(OC)c1O)NC(C)CCS(C)(=O)=O. The van der Waals surface area contributed by atoms with Gasteiger partial charge >= 0.3 is 0 Å². The van der Waals surface area contributed by atoms with E-state index in [0.717, 1.165) is 0 Å². The van der Waals surface area contributed by atoms with Crippen LogP contribution >= 0.6 is 0 Å². The Hall–Kier alpha value is -1.96. The van der Waals surface area contributed by atoms with Gasteiger partial charge < -0.3 is 20.5 Å². The van der Waals surface area contributed by atoms with Crippen LogP contribution in [0, 0.1) is 0 Å². The average molecular weight is 357 g/mol. The largest absolute Gasteiger partial charge is 0.504 e. The molecule has 0 bridgehead atoms. The van der Waals surface area contributed by atoms with Crippen molar-refractivity contribution in [1.82, 2.24) is 10.6 Å². The van der Waals surface area contributed by atoms with Crippen LogP contribution in [0.5, 0.6) is 11.5 Å². The van der Waals surface area contributed by atoms with Gasteiger partial charge in [0.05, 0.1) is 19.4 Å². The molecule has 0 fully saturated rings. The number of rotatable bonds is 8. The summed E-state index contributed by atoms with van der Waals surface area (Å²) in [6, 6.07) is 5.20. The average Bonchev–Trinajstić information content (AvgIpc) is 2.51. The summed E-state index contributed by atoms with van der Waals surface area (Å²) in [5.41, 5.74) is 0.648. The molecule has 3 N–H and O–H groups in total. The molecule has 0 saturated heterocycles. The number of aromatic hydroxyl groups is 1. The lowest BCUT2D eigenvalue weighted by molar-refractivity contribution is 0.370. The molecule has 0 aliphatic carbocycles. The molecule has 0 saturated carbocycles. The normalized spacial score (nSPS) is 13.4. The number of phenols is 1. The first-order valence-electron chi connectivity index (χ1n) is 7.84. The van der Waals surface area contributed by atoms with Gasteiger partial charge in [0.15, 0.2) is 17.5 Å². The molecule has 7 nitrogen and oxygen atoms in total. The summed E-state index contributed by atoms with van der Waals surface area (Å²) in [5, 5.41) is 16.4. The van der Waals surface area contributed by atoms with Crippen molar-refractivity contribution < 1.29 is 18.3 Å². The van der Waals surface area contributed by atoms with Crippen LogP contribution in [0.4, 0.5) is 0 Å². The second-order valence-electron chi connectivity index (χ2n) is 5.63. The van der Waals surface area contributed by atoms with E-state index < -0.39 is 9.84 Å². The number of para-hydroxylation sites is 1. The predicted octanol–water partition coefficient (Wildman–Crippen LogP) is 1.28. The van der Waals surface area contributed by atoms with Crippen molar-refractivity contribution >= 4 is 15.8 Å². The highest BCUT2D eigenvalue weighted by Crippen LogP contribution is 2.29. The van der Waals surface area contributed by atoms with Crippen molar-refractivity contribution in [2.75, 3.05) is 25.7 Å². The van der Waals surface area contributed by atoms with Gasteiger partial charge in [0.25, 0.3) is 0 Å². The number of methoxy groups -OCH3 is 1. The Bertz CT molecular complexity index is 659. The van der Waals surface area contributed by atoms with E-state index in [4.69, 9.17) is 4.74 Å². The van der Waals surface area contributed by atoms with Gasteiger partial charge in [0.2, 0.25) is 0 Å². The number of ether oxygens (including phenoxy) is 1. The zero-order valence-electron chi connectivity index (χ0n) is 14.7. The minimum atomic E-state index is -2.98. The van der Waals surface area contributed by atoms with Gasteiger partial charge in [-0.05, 0) is 26.3 Å². The van der Waals surface area contributed by atoms with Crippen molar-refractivity contribution in [3.63, 3.8) is 0 Å². The Labute approximate surface area is 144 Å². The molecular formula is C16H27N3O4S. The van der Waals surface area contributed by atoms with Crippen LogP contribution in [0.25, 0.3) is 0 Å². The molecule has 0 aliphatic heterocycles. The zero-order valence-corrected chi connectivity index (χ0v) is 15.5. The van der Waals surface area contributed by atoms with E-state index in [1.165, 1.54) is 13.4 Å². The summed E-state index contributed by atoms with van der Waals surface area (Å²) < 4.78 is 27.6. The van der Waals surface area contributed by atoms with Crippen molar-refractivity contribution in [1.29, 1.82) is 0 Å². The van der Waals surface area contributed by atoms with Crippen LogP contribution in [0.1, 0.15) is 25.8 Å². The van der Waals surface area contributed by atoms with E-state index >= 15 is 0 Å². The maximum absolute atomic E-state index is 11.2. The number of nitrogens with zero attached hydrogens (tertiary/aromatic N) is 1. The molecule has 0 spiro atoms. The molecule has 1 atom stereocenters. The van der Waals surface area contributed by atoms with Crippen LogP contribution in [0.15, 0.2) is 23.2 Å². The molecule has 1 unspecified atom stereocenters. The second kappa shape index (κ2) is 9.36. The van der Waals surface area contributed by atoms with Crippen LogP contribution in [0.3, 0.4) is 0 Å². The third kappa shape index (κ3) is 7.08. The van der Waals surface area contributed by atoms with Gasteiger partial charge in [-0.15, -0.1) is 0 Å². The van der Waals surface area contributed by atoms with Gasteiger partial charge in [0, 0.05) is 24.4 Å². The van der Waals surface area contributed by atoms with Gasteiger partial charge in [0.1, 0.15) is 9.84 Å². The van der Waals surface area contributed by atoms with E-state index in [1.54, 1.807) is 18.2 Å². The number of benzene rings is 1. The number of aliphatic imine (C=N–C) groups is 1. The Morgan fingerprint density at radius 2 is 2.12 bits per heavy atom. The fourth-order valence-corrected chi connectivity index (χ4v) is 2.82. The molecule has 0 aliphatic rings. The standard InChI is InChI=1S/C16H27N3O4S/c1-5-17-16(19-12(2)9-10-24(4,21)22)18-11-13-7-6-8-14(23-3)15(13)20/h6-8,12,20H,5,9-11H2,1-4H3,(H2,17,18,19). The van der Waals surface area contributed by atoms with E-state index in [2.05, 4.69) is 15.6 Å². The zero-order chi connectivity index (χ0) is 18.2. The molecule has 0 aromatic heterocycles. The van der Waals surface area contributed by atoms with Gasteiger partial charge in [-0.3, -0.25) is 0 Å². The first kappa shape index (κ1) is 20.1. The quantitative estimate of drug-likeness (QED) is 0.479. The lowest BCUT2D eigenvalue weighted by Crippen LogP contribution is -2.42. The molecule has 1 aromatic carbocycles. The van der Waals surface area contributed by atoms with Crippen molar-refractivity contribution in [2.45, 2.75) is 32.9 Å². The topological polar surface area (TPSA) is 100 Å². The molecule has 0 amide bonds. The summed E-state index contributed by atoms with van der Waals surface area (Å²) in [5.74, 6) is 1.17. The first-order chi connectivity index (χ1) is 11.3. The highest BCUT2D eigenvalue weighted by molar-refractivity contribution is 7.90. The van der Waals surface area contributed by atoms with Gasteiger partial charge in [-0.1, -0.05) is 12.1 Å². The molecule has 1 rings (SSSR count). The van der Waals surface area contributed by atoms with Crippen LogP contribution in [-0.4, -0.2) is 51.2 Å². The lowest BCUT2D eigenvalue weighted by atomic mass is 10.2. The summed E-state index contributed by atoms with van der Waals surface area (Å²) in [7, 11) is -1.49. The number of guanidine groups is 1. The predicted molar refractivity (Wildman–Crippen MR) is 96.4 cm³/mol. The van der Waals surface area contributed by atoms with Gasteiger partial charge in [-0.2, -0.15) is 0 Å². The molecule has 8 heteroatoms. The van der Waals surface area contributed by atoms with E-state index in [0.29, 0.717) is 30.2 Å². The maximum Gasteiger partial charge on any atom is 0.191 e. The van der Waals surface area contributed by atoms with Crippen LogP contribution in [0.2, 0.25) is 0 Å². The third-order valence-electron chi connectivity index (χ3n) is 3.36. The van der Waals surface area contributed by atoms with Crippen molar-refractivity contribution in [3.8, 4) is 11.5 Å². The molecule has 24 heavy (non-hydrogen) atoms. The maximum atomic E-state index is 11.2. The monoisotopic (exact) mass is 357 g/mol.